The molecule has 1 aliphatic rings. The zero-order valence-electron chi connectivity index (χ0n) is 17.7. The Hall–Kier alpha value is -1.89. The summed E-state index contributed by atoms with van der Waals surface area (Å²) in [5, 5.41) is 22.0. The van der Waals surface area contributed by atoms with Gasteiger partial charge in [-0.3, -0.25) is 4.90 Å². The third kappa shape index (κ3) is 4.71. The van der Waals surface area contributed by atoms with Crippen LogP contribution in [-0.2, 0) is 11.6 Å². The first-order chi connectivity index (χ1) is 14.0. The summed E-state index contributed by atoms with van der Waals surface area (Å²) in [5.41, 5.74) is 0.649. The third-order valence-corrected chi connectivity index (χ3v) is 6.36. The zero-order chi connectivity index (χ0) is 22.1. The van der Waals surface area contributed by atoms with E-state index in [1.807, 2.05) is 43.0 Å². The molecule has 2 aromatic rings. The zero-order valence-corrected chi connectivity index (χ0v) is 17.7. The molecule has 0 radical (unpaired) electrons. The number of aliphatic hydroxyl groups excluding tert-OH is 2. The minimum atomic E-state index is -4.39. The molecule has 3 rings (SSSR count). The molecule has 30 heavy (non-hydrogen) atoms. The molecule has 1 fully saturated rings. The summed E-state index contributed by atoms with van der Waals surface area (Å²) in [5.74, 6) is 0.610. The van der Waals surface area contributed by atoms with Gasteiger partial charge in [-0.1, -0.05) is 57.2 Å². The van der Waals surface area contributed by atoms with E-state index in [1.165, 1.54) is 12.1 Å². The number of nitrogens with zero attached hydrogens (tertiary/aromatic N) is 1. The van der Waals surface area contributed by atoms with Gasteiger partial charge < -0.3 is 10.2 Å². The Bertz CT molecular complexity index is 840. The van der Waals surface area contributed by atoms with E-state index in [4.69, 9.17) is 0 Å². The van der Waals surface area contributed by atoms with Crippen LogP contribution in [0.4, 0.5) is 13.2 Å². The predicted molar refractivity (Wildman–Crippen MR) is 112 cm³/mol. The Morgan fingerprint density at radius 3 is 2.07 bits per heavy atom. The van der Waals surface area contributed by atoms with Crippen molar-refractivity contribution in [3.8, 4) is 11.1 Å². The number of alkyl halides is 3. The number of benzene rings is 2. The molecule has 3 nitrogen and oxygen atoms in total. The van der Waals surface area contributed by atoms with Gasteiger partial charge in [-0.25, -0.2) is 0 Å². The summed E-state index contributed by atoms with van der Waals surface area (Å²) in [7, 11) is 0. The first-order valence-electron chi connectivity index (χ1n) is 10.4. The van der Waals surface area contributed by atoms with Crippen molar-refractivity contribution in [2.45, 2.75) is 57.5 Å². The SMILES string of the molecule is CC1CCN(C(O)C(O)C(C)(C)c2ccccc2-c2ccc(C(F)(F)F)cc2)CC1. The van der Waals surface area contributed by atoms with Gasteiger partial charge in [0.2, 0.25) is 0 Å². The van der Waals surface area contributed by atoms with Gasteiger partial charge in [0.1, 0.15) is 12.3 Å². The summed E-state index contributed by atoms with van der Waals surface area (Å²) in [6, 6.07) is 12.4. The number of halogens is 3. The summed E-state index contributed by atoms with van der Waals surface area (Å²) in [6.07, 6.45) is -4.49. The highest BCUT2D eigenvalue weighted by Crippen LogP contribution is 2.38. The average molecular weight is 422 g/mol. The van der Waals surface area contributed by atoms with E-state index < -0.39 is 29.5 Å². The van der Waals surface area contributed by atoms with E-state index in [0.29, 0.717) is 11.5 Å². The maximum atomic E-state index is 12.9. The Labute approximate surface area is 176 Å². The molecule has 1 heterocycles. The molecule has 2 aromatic carbocycles. The van der Waals surface area contributed by atoms with Gasteiger partial charge in [0, 0.05) is 18.5 Å². The molecule has 1 aliphatic heterocycles. The largest absolute Gasteiger partial charge is 0.416 e. The summed E-state index contributed by atoms with van der Waals surface area (Å²) in [4.78, 5) is 1.91. The van der Waals surface area contributed by atoms with Crippen LogP contribution in [0.5, 0.6) is 0 Å². The first-order valence-corrected chi connectivity index (χ1v) is 10.4. The average Bonchev–Trinajstić information content (AvgIpc) is 2.72. The van der Waals surface area contributed by atoms with E-state index in [0.717, 1.165) is 49.2 Å². The monoisotopic (exact) mass is 421 g/mol. The second-order valence-corrected chi connectivity index (χ2v) is 8.92. The lowest BCUT2D eigenvalue weighted by Crippen LogP contribution is -2.53. The van der Waals surface area contributed by atoms with Crippen LogP contribution in [0.2, 0.25) is 0 Å². The fourth-order valence-electron chi connectivity index (χ4n) is 4.16. The van der Waals surface area contributed by atoms with Crippen molar-refractivity contribution < 1.29 is 23.4 Å². The van der Waals surface area contributed by atoms with Gasteiger partial charge in [0.15, 0.2) is 0 Å². The molecule has 0 aliphatic carbocycles. The van der Waals surface area contributed by atoms with E-state index in [9.17, 15) is 23.4 Å². The van der Waals surface area contributed by atoms with Crippen LogP contribution in [0.1, 0.15) is 44.7 Å². The number of piperidine rings is 1. The lowest BCUT2D eigenvalue weighted by Gasteiger charge is -2.42. The topological polar surface area (TPSA) is 43.7 Å². The van der Waals surface area contributed by atoms with Crippen molar-refractivity contribution in [3.63, 3.8) is 0 Å². The fourth-order valence-corrected chi connectivity index (χ4v) is 4.16. The Balaban J connectivity index is 1.89. The van der Waals surface area contributed by atoms with Crippen molar-refractivity contribution in [3.05, 3.63) is 59.7 Å². The summed E-state index contributed by atoms with van der Waals surface area (Å²) < 4.78 is 38.8. The summed E-state index contributed by atoms with van der Waals surface area (Å²) >= 11 is 0. The predicted octanol–water partition coefficient (Wildman–Crippen LogP) is 5.06. The minimum Gasteiger partial charge on any atom is -0.388 e. The third-order valence-electron chi connectivity index (χ3n) is 6.36. The standard InChI is InChI=1S/C24H30F3NO2/c1-16-12-14-28(15-13-16)22(30)21(29)23(2,3)20-7-5-4-6-19(20)17-8-10-18(11-9-17)24(25,26)27/h4-11,16,21-22,29-30H,12-15H2,1-3H3. The van der Waals surface area contributed by atoms with Crippen LogP contribution in [0.3, 0.4) is 0 Å². The molecular weight excluding hydrogens is 391 g/mol. The molecule has 164 valence electrons. The van der Waals surface area contributed by atoms with Gasteiger partial charge in [-0.2, -0.15) is 13.2 Å². The van der Waals surface area contributed by atoms with Crippen LogP contribution >= 0.6 is 0 Å². The van der Waals surface area contributed by atoms with E-state index in [2.05, 4.69) is 6.92 Å². The van der Waals surface area contributed by atoms with E-state index in [1.54, 1.807) is 0 Å². The van der Waals surface area contributed by atoms with Gasteiger partial charge in [0.05, 0.1) is 5.56 Å². The van der Waals surface area contributed by atoms with E-state index in [-0.39, 0.29) is 0 Å². The van der Waals surface area contributed by atoms with Crippen molar-refractivity contribution in [1.29, 1.82) is 0 Å². The molecule has 0 amide bonds. The molecule has 6 heteroatoms. The number of hydrogen-bond donors (Lipinski definition) is 2. The molecular formula is C24H30F3NO2. The lowest BCUT2D eigenvalue weighted by molar-refractivity contribution is -0.137. The highest BCUT2D eigenvalue weighted by atomic mass is 19.4. The number of rotatable bonds is 5. The number of aliphatic hydroxyl groups is 2. The van der Waals surface area contributed by atoms with Gasteiger partial charge in [-0.15, -0.1) is 0 Å². The normalized spacial score (nSPS) is 18.9. The molecule has 2 atom stereocenters. The second-order valence-electron chi connectivity index (χ2n) is 8.92. The maximum Gasteiger partial charge on any atom is 0.416 e. The minimum absolute atomic E-state index is 0.610. The van der Waals surface area contributed by atoms with Crippen LogP contribution < -0.4 is 0 Å². The highest BCUT2D eigenvalue weighted by Gasteiger charge is 2.39. The van der Waals surface area contributed by atoms with E-state index >= 15 is 0 Å². The van der Waals surface area contributed by atoms with Crippen LogP contribution in [0.25, 0.3) is 11.1 Å². The van der Waals surface area contributed by atoms with Crippen LogP contribution in [-0.4, -0.2) is 40.5 Å². The molecule has 0 saturated carbocycles. The van der Waals surface area contributed by atoms with Crippen molar-refractivity contribution in [2.75, 3.05) is 13.1 Å². The van der Waals surface area contributed by atoms with Crippen molar-refractivity contribution >= 4 is 0 Å². The Morgan fingerprint density at radius 1 is 0.933 bits per heavy atom. The molecule has 2 unspecified atom stereocenters. The molecule has 2 N–H and O–H groups in total. The highest BCUT2D eigenvalue weighted by molar-refractivity contribution is 5.69. The first kappa shape index (κ1) is 22.8. The quantitative estimate of drug-likeness (QED) is 0.709. The van der Waals surface area contributed by atoms with Gasteiger partial charge >= 0.3 is 6.18 Å². The molecule has 0 spiro atoms. The Morgan fingerprint density at radius 2 is 1.50 bits per heavy atom. The summed E-state index contributed by atoms with van der Waals surface area (Å²) in [6.45, 7) is 7.36. The van der Waals surface area contributed by atoms with Crippen molar-refractivity contribution in [1.82, 2.24) is 4.90 Å². The van der Waals surface area contributed by atoms with Crippen LogP contribution in [0, 0.1) is 5.92 Å². The maximum absolute atomic E-state index is 12.9. The van der Waals surface area contributed by atoms with Gasteiger partial charge in [0.25, 0.3) is 0 Å². The molecule has 1 saturated heterocycles. The smallest absolute Gasteiger partial charge is 0.388 e. The number of likely N-dealkylation sites (tertiary alicyclic amines) is 1. The van der Waals surface area contributed by atoms with Crippen LogP contribution in [0.15, 0.2) is 48.5 Å². The lowest BCUT2D eigenvalue weighted by atomic mass is 9.75. The van der Waals surface area contributed by atoms with Crippen molar-refractivity contribution in [2.24, 2.45) is 5.92 Å². The molecule has 0 bridgehead atoms. The number of hydrogen-bond acceptors (Lipinski definition) is 3. The molecule has 0 aromatic heterocycles. The van der Waals surface area contributed by atoms with Gasteiger partial charge in [-0.05, 0) is 47.6 Å². The Kier molecular flexibility index (Phi) is 6.60. The second kappa shape index (κ2) is 8.69. The fraction of sp³-hybridized carbons (Fsp3) is 0.500.